The smallest absolute Gasteiger partial charge is 0.279 e. The summed E-state index contributed by atoms with van der Waals surface area (Å²) in [6.45, 7) is 1.38. The summed E-state index contributed by atoms with van der Waals surface area (Å²) in [6.07, 6.45) is 5.68. The van der Waals surface area contributed by atoms with Gasteiger partial charge in [-0.3, -0.25) is 19.2 Å². The normalized spacial score (nSPS) is 13.5. The van der Waals surface area contributed by atoms with Gasteiger partial charge in [0.15, 0.2) is 5.65 Å². The summed E-state index contributed by atoms with van der Waals surface area (Å²) >= 11 is 0. The molecule has 3 N–H and O–H groups in total. The lowest BCUT2D eigenvalue weighted by Gasteiger charge is -2.15. The molecular formula is C21H21N9O2. The molecule has 5 rings (SSSR count). The molecule has 162 valence electrons. The lowest BCUT2D eigenvalue weighted by Crippen LogP contribution is -2.36. The monoisotopic (exact) mass is 431 g/mol. The third-order valence-corrected chi connectivity index (χ3v) is 5.17. The number of amides is 1. The minimum Gasteiger partial charge on any atom is -0.373 e. The lowest BCUT2D eigenvalue weighted by atomic mass is 10.3. The molecule has 1 fully saturated rings. The van der Waals surface area contributed by atoms with Crippen molar-refractivity contribution in [1.29, 1.82) is 0 Å². The number of nitrogens with zero attached hydrogens (tertiary/aromatic N) is 6. The zero-order valence-electron chi connectivity index (χ0n) is 17.3. The van der Waals surface area contributed by atoms with E-state index < -0.39 is 0 Å². The first-order valence-electron chi connectivity index (χ1n) is 10.2. The molecule has 0 aliphatic carbocycles. The molecule has 0 aromatic carbocycles. The number of hydrogen-bond donors (Lipinski definition) is 3. The highest BCUT2D eigenvalue weighted by atomic mass is 16.2. The van der Waals surface area contributed by atoms with Gasteiger partial charge in [0.25, 0.3) is 11.5 Å². The number of carbonyl (C=O) groups is 1. The van der Waals surface area contributed by atoms with Crippen LogP contribution in [0, 0.1) is 0 Å². The molecule has 4 aromatic heterocycles. The van der Waals surface area contributed by atoms with Crippen LogP contribution in [0.1, 0.15) is 16.8 Å². The molecule has 0 spiro atoms. The van der Waals surface area contributed by atoms with Gasteiger partial charge in [-0.25, -0.2) is 15.4 Å². The van der Waals surface area contributed by atoms with Crippen LogP contribution in [0.3, 0.4) is 0 Å². The van der Waals surface area contributed by atoms with Crippen LogP contribution in [0.25, 0.3) is 11.5 Å². The number of rotatable bonds is 5. The van der Waals surface area contributed by atoms with Gasteiger partial charge in [-0.15, -0.1) is 0 Å². The molecule has 5 heterocycles. The molecule has 1 aliphatic heterocycles. The third-order valence-electron chi connectivity index (χ3n) is 5.17. The fourth-order valence-corrected chi connectivity index (χ4v) is 3.61. The van der Waals surface area contributed by atoms with Crippen LogP contribution in [0.2, 0.25) is 0 Å². The van der Waals surface area contributed by atoms with Crippen molar-refractivity contribution in [3.8, 4) is 5.82 Å². The minimum atomic E-state index is -0.273. The maximum atomic E-state index is 13.0. The van der Waals surface area contributed by atoms with Crippen molar-refractivity contribution < 1.29 is 4.79 Å². The topological polar surface area (TPSA) is 121 Å². The predicted molar refractivity (Wildman–Crippen MR) is 119 cm³/mol. The summed E-state index contributed by atoms with van der Waals surface area (Å²) in [5, 5.41) is 12.0. The van der Waals surface area contributed by atoms with E-state index in [9.17, 15) is 9.59 Å². The molecule has 0 saturated carbocycles. The fourth-order valence-electron chi connectivity index (χ4n) is 3.61. The Morgan fingerprint density at radius 1 is 1.22 bits per heavy atom. The van der Waals surface area contributed by atoms with Crippen LogP contribution >= 0.6 is 0 Å². The molecule has 4 aromatic rings. The van der Waals surface area contributed by atoms with E-state index in [4.69, 9.17) is 0 Å². The van der Waals surface area contributed by atoms with Gasteiger partial charge >= 0.3 is 0 Å². The average Bonchev–Trinajstić information content (AvgIpc) is 3.51. The van der Waals surface area contributed by atoms with Gasteiger partial charge in [-0.2, -0.15) is 9.61 Å². The first-order valence-corrected chi connectivity index (χ1v) is 10.2. The molecule has 1 aliphatic rings. The maximum Gasteiger partial charge on any atom is 0.279 e. The summed E-state index contributed by atoms with van der Waals surface area (Å²) in [6, 6.07) is 10.5. The van der Waals surface area contributed by atoms with Crippen molar-refractivity contribution in [2.45, 2.75) is 6.42 Å². The Bertz CT molecular complexity index is 1340. The number of hydrogen-bond acceptors (Lipinski definition) is 8. The molecule has 11 heteroatoms. The first-order chi connectivity index (χ1) is 15.7. The quantitative estimate of drug-likeness (QED) is 0.434. The second-order valence-electron chi connectivity index (χ2n) is 7.20. The second kappa shape index (κ2) is 8.12. The van der Waals surface area contributed by atoms with Gasteiger partial charge in [0.05, 0.1) is 6.20 Å². The number of fused-ring (bicyclic) bond motifs is 1. The average molecular weight is 431 g/mol. The van der Waals surface area contributed by atoms with Crippen molar-refractivity contribution in [1.82, 2.24) is 34.6 Å². The van der Waals surface area contributed by atoms with Crippen LogP contribution in [0.4, 0.5) is 17.3 Å². The Balaban J connectivity index is 1.54. The number of anilines is 3. The van der Waals surface area contributed by atoms with Crippen LogP contribution in [-0.2, 0) is 0 Å². The van der Waals surface area contributed by atoms with E-state index in [-0.39, 0.29) is 11.5 Å². The van der Waals surface area contributed by atoms with Gasteiger partial charge in [0, 0.05) is 38.6 Å². The molecule has 0 radical (unpaired) electrons. The zero-order chi connectivity index (χ0) is 22.1. The first kappa shape index (κ1) is 19.7. The molecule has 0 bridgehead atoms. The molecule has 0 atom stereocenters. The zero-order valence-corrected chi connectivity index (χ0v) is 17.3. The Hall–Kier alpha value is -4.25. The Labute approximate surface area is 182 Å². The third kappa shape index (κ3) is 3.44. The fraction of sp³-hybridized carbons (Fsp3) is 0.190. The standard InChI is InChI=1S/C21H21N9O2/c1-22-18-12-16(26-15-6-4-10-28(21(15)32)17-7-2-3-8-23-17)27-19-14(13-25-30(18)19)20(31)29-11-5-9-24-29/h2-4,6-8,10,12-13,22,24H,5,9,11H2,1H3,(H,26,27). The van der Waals surface area contributed by atoms with Gasteiger partial charge in [-0.1, -0.05) is 6.07 Å². The highest BCUT2D eigenvalue weighted by Gasteiger charge is 2.24. The summed E-state index contributed by atoms with van der Waals surface area (Å²) in [7, 11) is 1.75. The van der Waals surface area contributed by atoms with E-state index in [2.05, 4.69) is 31.1 Å². The van der Waals surface area contributed by atoms with Crippen molar-refractivity contribution in [3.05, 3.63) is 70.9 Å². The number of hydrazine groups is 1. The Morgan fingerprint density at radius 3 is 2.88 bits per heavy atom. The Kier molecular flexibility index (Phi) is 5.00. The van der Waals surface area contributed by atoms with E-state index in [1.165, 1.54) is 10.8 Å². The highest BCUT2D eigenvalue weighted by molar-refractivity contribution is 6.00. The SMILES string of the molecule is CNc1cc(Nc2cccn(-c3ccccn3)c2=O)nc2c(C(=O)N3CCCN3)cnn12. The number of aromatic nitrogens is 5. The van der Waals surface area contributed by atoms with Gasteiger partial charge in [0.1, 0.15) is 28.7 Å². The molecular weight excluding hydrogens is 410 g/mol. The van der Waals surface area contributed by atoms with E-state index in [0.717, 1.165) is 13.0 Å². The van der Waals surface area contributed by atoms with Crippen molar-refractivity contribution in [2.75, 3.05) is 30.8 Å². The van der Waals surface area contributed by atoms with E-state index in [0.29, 0.717) is 40.9 Å². The van der Waals surface area contributed by atoms with Crippen LogP contribution in [-0.4, -0.2) is 55.2 Å². The van der Waals surface area contributed by atoms with Crippen LogP contribution in [0.5, 0.6) is 0 Å². The van der Waals surface area contributed by atoms with Crippen LogP contribution < -0.4 is 21.6 Å². The molecule has 11 nitrogen and oxygen atoms in total. The second-order valence-corrected chi connectivity index (χ2v) is 7.20. The largest absolute Gasteiger partial charge is 0.373 e. The molecule has 1 amide bonds. The van der Waals surface area contributed by atoms with E-state index in [1.54, 1.807) is 59.3 Å². The summed E-state index contributed by atoms with van der Waals surface area (Å²) in [5.41, 5.74) is 3.87. The maximum absolute atomic E-state index is 13.0. The van der Waals surface area contributed by atoms with Crippen molar-refractivity contribution in [2.24, 2.45) is 0 Å². The van der Waals surface area contributed by atoms with Gasteiger partial charge < -0.3 is 10.6 Å². The molecule has 32 heavy (non-hydrogen) atoms. The minimum absolute atomic E-state index is 0.193. The molecule has 1 saturated heterocycles. The van der Waals surface area contributed by atoms with E-state index >= 15 is 0 Å². The van der Waals surface area contributed by atoms with Gasteiger partial charge in [0.2, 0.25) is 0 Å². The molecule has 0 unspecified atom stereocenters. The van der Waals surface area contributed by atoms with Gasteiger partial charge in [-0.05, 0) is 30.7 Å². The summed E-state index contributed by atoms with van der Waals surface area (Å²) < 4.78 is 3.01. The Morgan fingerprint density at radius 2 is 2.12 bits per heavy atom. The number of pyridine rings is 2. The summed E-state index contributed by atoms with van der Waals surface area (Å²) in [4.78, 5) is 34.8. The lowest BCUT2D eigenvalue weighted by molar-refractivity contribution is 0.0728. The van der Waals surface area contributed by atoms with E-state index in [1.807, 2.05) is 6.07 Å². The van der Waals surface area contributed by atoms with Crippen molar-refractivity contribution >= 4 is 28.9 Å². The number of carbonyl (C=O) groups excluding carboxylic acids is 1. The van der Waals surface area contributed by atoms with Crippen LogP contribution in [0.15, 0.2) is 59.8 Å². The highest BCUT2D eigenvalue weighted by Crippen LogP contribution is 2.22. The number of nitrogens with one attached hydrogen (secondary N) is 3. The summed E-state index contributed by atoms with van der Waals surface area (Å²) in [5.74, 6) is 1.34. The van der Waals surface area contributed by atoms with Crippen molar-refractivity contribution in [3.63, 3.8) is 0 Å². The predicted octanol–water partition coefficient (Wildman–Crippen LogP) is 1.41.